The summed E-state index contributed by atoms with van der Waals surface area (Å²) in [7, 11) is 3.17. The molecule has 1 aliphatic heterocycles. The summed E-state index contributed by atoms with van der Waals surface area (Å²) in [5.41, 5.74) is 3.14. The molecule has 0 amide bonds. The second kappa shape index (κ2) is 8.90. The summed E-state index contributed by atoms with van der Waals surface area (Å²) in [6, 6.07) is 9.49. The highest BCUT2D eigenvalue weighted by molar-refractivity contribution is 6.32. The van der Waals surface area contributed by atoms with E-state index in [1.54, 1.807) is 26.4 Å². The van der Waals surface area contributed by atoms with E-state index in [0.29, 0.717) is 27.8 Å². The van der Waals surface area contributed by atoms with Crippen LogP contribution in [0.15, 0.2) is 34.9 Å². The fraction of sp³-hybridized carbons (Fsp3) is 0.381. The first-order valence-corrected chi connectivity index (χ1v) is 9.92. The van der Waals surface area contributed by atoms with Crippen LogP contribution in [0.25, 0.3) is 22.2 Å². The average Bonchev–Trinajstić information content (AvgIpc) is 3.17. The highest BCUT2D eigenvalue weighted by Gasteiger charge is 2.18. The summed E-state index contributed by atoms with van der Waals surface area (Å²) < 4.78 is 21.7. The maximum absolute atomic E-state index is 6.34. The summed E-state index contributed by atoms with van der Waals surface area (Å²) in [5.74, 6) is 1.16. The molecule has 0 bridgehead atoms. The minimum atomic E-state index is 0.485. The Morgan fingerprint density at radius 2 is 1.90 bits per heavy atom. The summed E-state index contributed by atoms with van der Waals surface area (Å²) in [5, 5.41) is 9.12. The Labute approximate surface area is 174 Å². The molecule has 0 spiro atoms. The molecule has 0 radical (unpaired) electrons. The van der Waals surface area contributed by atoms with Gasteiger partial charge in [-0.3, -0.25) is 4.90 Å². The molecule has 8 heteroatoms. The second-order valence-corrected chi connectivity index (χ2v) is 7.22. The summed E-state index contributed by atoms with van der Waals surface area (Å²) in [6.45, 7) is 5.40. The molecule has 0 unspecified atom stereocenters. The largest absolute Gasteiger partial charge is 0.496 e. The maximum Gasteiger partial charge on any atom is 0.167 e. The van der Waals surface area contributed by atoms with Crippen LogP contribution in [0.4, 0.5) is 5.69 Å². The van der Waals surface area contributed by atoms with Crippen LogP contribution >= 0.6 is 11.6 Å². The van der Waals surface area contributed by atoms with Crippen molar-refractivity contribution in [2.24, 2.45) is 0 Å². The summed E-state index contributed by atoms with van der Waals surface area (Å²) in [4.78, 5) is 2.39. The molecule has 0 saturated carbocycles. The van der Waals surface area contributed by atoms with E-state index >= 15 is 0 Å². The molecule has 1 saturated heterocycles. The van der Waals surface area contributed by atoms with Crippen LogP contribution in [0.1, 0.15) is 0 Å². The zero-order chi connectivity index (χ0) is 20.2. The van der Waals surface area contributed by atoms with Gasteiger partial charge >= 0.3 is 0 Å². The molecule has 29 heavy (non-hydrogen) atoms. The first-order chi connectivity index (χ1) is 14.2. The van der Waals surface area contributed by atoms with Crippen molar-refractivity contribution in [2.45, 2.75) is 0 Å². The van der Waals surface area contributed by atoms with Gasteiger partial charge in [0, 0.05) is 43.5 Å². The predicted octanol–water partition coefficient (Wildman–Crippen LogP) is 3.91. The topological polar surface area (TPSA) is 69.0 Å². The Kier molecular flexibility index (Phi) is 6.08. The number of benzene rings is 2. The van der Waals surface area contributed by atoms with Gasteiger partial charge in [0.05, 0.1) is 37.8 Å². The van der Waals surface area contributed by atoms with Gasteiger partial charge in [-0.1, -0.05) is 16.8 Å². The third-order valence-electron chi connectivity index (χ3n) is 5.06. The predicted molar refractivity (Wildman–Crippen MR) is 113 cm³/mol. The fourth-order valence-corrected chi connectivity index (χ4v) is 3.71. The number of fused-ring (bicyclic) bond motifs is 1. The van der Waals surface area contributed by atoms with Crippen molar-refractivity contribution in [1.29, 1.82) is 0 Å². The van der Waals surface area contributed by atoms with Crippen molar-refractivity contribution >= 4 is 28.3 Å². The molecule has 1 fully saturated rings. The van der Waals surface area contributed by atoms with E-state index in [9.17, 15) is 0 Å². The van der Waals surface area contributed by atoms with E-state index in [2.05, 4.69) is 15.4 Å². The van der Waals surface area contributed by atoms with E-state index in [4.69, 9.17) is 30.3 Å². The summed E-state index contributed by atoms with van der Waals surface area (Å²) >= 11 is 6.34. The number of hydrogen-bond acceptors (Lipinski definition) is 7. The number of aromatic nitrogens is 1. The van der Waals surface area contributed by atoms with Gasteiger partial charge in [-0.2, -0.15) is 0 Å². The van der Waals surface area contributed by atoms with Gasteiger partial charge in [-0.15, -0.1) is 0 Å². The quantitative estimate of drug-likeness (QED) is 0.625. The smallest absolute Gasteiger partial charge is 0.167 e. The van der Waals surface area contributed by atoms with E-state index < -0.39 is 0 Å². The van der Waals surface area contributed by atoms with Gasteiger partial charge in [0.15, 0.2) is 5.58 Å². The van der Waals surface area contributed by atoms with Crippen molar-refractivity contribution in [3.63, 3.8) is 0 Å². The number of nitrogens with one attached hydrogen (secondary N) is 1. The number of morpholine rings is 1. The number of anilines is 1. The molecule has 1 N–H and O–H groups in total. The first kappa shape index (κ1) is 19.8. The van der Waals surface area contributed by atoms with Crippen molar-refractivity contribution in [3.8, 4) is 22.8 Å². The van der Waals surface area contributed by atoms with Crippen LogP contribution in [-0.2, 0) is 4.74 Å². The number of rotatable bonds is 7. The SMILES string of the molecule is COc1cc(OC)c(-c2noc3ccc(NCCN4CCOCC4)cc23)cc1Cl. The van der Waals surface area contributed by atoms with Crippen LogP contribution in [0.5, 0.6) is 11.5 Å². The zero-order valence-electron chi connectivity index (χ0n) is 16.5. The van der Waals surface area contributed by atoms with Crippen LogP contribution in [0.2, 0.25) is 5.02 Å². The number of hydrogen-bond donors (Lipinski definition) is 1. The lowest BCUT2D eigenvalue weighted by Gasteiger charge is -2.26. The monoisotopic (exact) mass is 417 g/mol. The normalized spacial score (nSPS) is 14.9. The van der Waals surface area contributed by atoms with Crippen LogP contribution in [0, 0.1) is 0 Å². The van der Waals surface area contributed by atoms with E-state index in [1.807, 2.05) is 18.2 Å². The number of nitrogens with zero attached hydrogens (tertiary/aromatic N) is 2. The fourth-order valence-electron chi connectivity index (χ4n) is 3.47. The lowest BCUT2D eigenvalue weighted by Crippen LogP contribution is -2.38. The van der Waals surface area contributed by atoms with Crippen LogP contribution < -0.4 is 14.8 Å². The average molecular weight is 418 g/mol. The number of ether oxygens (including phenoxy) is 3. The van der Waals surface area contributed by atoms with Crippen LogP contribution in [0.3, 0.4) is 0 Å². The summed E-state index contributed by atoms with van der Waals surface area (Å²) in [6.07, 6.45) is 0. The Bertz CT molecular complexity index is 985. The molecule has 3 aromatic rings. The van der Waals surface area contributed by atoms with Gasteiger partial charge < -0.3 is 24.1 Å². The lowest BCUT2D eigenvalue weighted by atomic mass is 10.1. The van der Waals surface area contributed by atoms with Gasteiger partial charge in [-0.05, 0) is 24.3 Å². The molecule has 7 nitrogen and oxygen atoms in total. The third kappa shape index (κ3) is 4.27. The molecule has 2 heterocycles. The Morgan fingerprint density at radius 1 is 1.10 bits per heavy atom. The van der Waals surface area contributed by atoms with Crippen molar-refractivity contribution in [1.82, 2.24) is 10.1 Å². The van der Waals surface area contributed by atoms with Gasteiger partial charge in [0.25, 0.3) is 0 Å². The zero-order valence-corrected chi connectivity index (χ0v) is 17.3. The first-order valence-electron chi connectivity index (χ1n) is 9.55. The third-order valence-corrected chi connectivity index (χ3v) is 5.36. The Morgan fingerprint density at radius 3 is 2.66 bits per heavy atom. The van der Waals surface area contributed by atoms with Crippen LogP contribution in [-0.4, -0.2) is 63.7 Å². The highest BCUT2D eigenvalue weighted by atomic mass is 35.5. The molecular formula is C21H24ClN3O4. The van der Waals surface area contributed by atoms with Crippen molar-refractivity contribution < 1.29 is 18.7 Å². The maximum atomic E-state index is 6.34. The Hall–Kier alpha value is -2.48. The Balaban J connectivity index is 1.58. The van der Waals surface area contributed by atoms with Gasteiger partial charge in [-0.25, -0.2) is 0 Å². The minimum Gasteiger partial charge on any atom is -0.496 e. The molecule has 4 rings (SSSR count). The lowest BCUT2D eigenvalue weighted by molar-refractivity contribution is 0.0398. The molecule has 154 valence electrons. The molecule has 1 aliphatic rings. The van der Waals surface area contributed by atoms with Gasteiger partial charge in [0.1, 0.15) is 17.2 Å². The van der Waals surface area contributed by atoms with Gasteiger partial charge in [0.2, 0.25) is 0 Å². The molecule has 2 aromatic carbocycles. The molecule has 1 aromatic heterocycles. The van der Waals surface area contributed by atoms with E-state index in [-0.39, 0.29) is 0 Å². The number of halogens is 1. The van der Waals surface area contributed by atoms with Crippen molar-refractivity contribution in [3.05, 3.63) is 35.4 Å². The van der Waals surface area contributed by atoms with Crippen molar-refractivity contribution in [2.75, 3.05) is 58.9 Å². The second-order valence-electron chi connectivity index (χ2n) is 6.81. The van der Waals surface area contributed by atoms with E-state index in [0.717, 1.165) is 56.0 Å². The molecule has 0 atom stereocenters. The molecular weight excluding hydrogens is 394 g/mol. The minimum absolute atomic E-state index is 0.485. The highest BCUT2D eigenvalue weighted by Crippen LogP contribution is 2.40. The molecule has 0 aliphatic carbocycles. The standard InChI is InChI=1S/C21H24ClN3O4/c1-26-19-13-20(27-2)17(22)12-16(19)21-15-11-14(3-4-18(15)29-24-21)23-5-6-25-7-9-28-10-8-25/h3-4,11-13,23H,5-10H2,1-2H3. The van der Waals surface area contributed by atoms with E-state index in [1.165, 1.54) is 0 Å². The number of methoxy groups -OCH3 is 2.